The summed E-state index contributed by atoms with van der Waals surface area (Å²) in [5, 5.41) is 2.98. The molecule has 0 bridgehead atoms. The Morgan fingerprint density at radius 3 is 2.81 bits per heavy atom. The third-order valence-corrected chi connectivity index (χ3v) is 4.73. The van der Waals surface area contributed by atoms with E-state index in [1.165, 1.54) is 5.56 Å². The van der Waals surface area contributed by atoms with Gasteiger partial charge in [-0.2, -0.15) is 0 Å². The van der Waals surface area contributed by atoms with E-state index < -0.39 is 0 Å². The summed E-state index contributed by atoms with van der Waals surface area (Å²) in [6, 6.07) is 11.5. The molecule has 5 heteroatoms. The second-order valence-corrected chi connectivity index (χ2v) is 6.44. The van der Waals surface area contributed by atoms with Gasteiger partial charge in [0.25, 0.3) is 5.91 Å². The molecule has 0 radical (unpaired) electrons. The molecule has 1 aromatic carbocycles. The summed E-state index contributed by atoms with van der Waals surface area (Å²) in [4.78, 5) is 25.8. The Morgan fingerprint density at radius 1 is 1.04 bits per heavy atom. The van der Waals surface area contributed by atoms with Crippen LogP contribution in [0.5, 0.6) is 0 Å². The number of hydrogen-bond acceptors (Lipinski definition) is 4. The summed E-state index contributed by atoms with van der Waals surface area (Å²) in [6.45, 7) is 0.447. The minimum Gasteiger partial charge on any atom is -0.348 e. The van der Waals surface area contributed by atoms with Crippen LogP contribution in [0.1, 0.15) is 40.0 Å². The lowest BCUT2D eigenvalue weighted by Crippen LogP contribution is -2.23. The molecule has 130 valence electrons. The zero-order valence-corrected chi connectivity index (χ0v) is 14.5. The Bertz CT molecular complexity index is 924. The number of fused-ring (bicyclic) bond motifs is 1. The van der Waals surface area contributed by atoms with Crippen molar-refractivity contribution in [1.29, 1.82) is 0 Å². The standard InChI is InChI=1S/C21H20N4O/c26-21(23-13-15-6-5-11-22-12-15)17-8-2-1-7-16(17)20-18-9-3-4-10-19(18)24-14-25-20/h1-2,5-8,11-12,14H,3-4,9-10,13H2,(H,23,26). The Balaban J connectivity index is 1.64. The Labute approximate surface area is 152 Å². The molecule has 0 unspecified atom stereocenters. The van der Waals surface area contributed by atoms with Gasteiger partial charge in [-0.1, -0.05) is 24.3 Å². The number of hydrogen-bond donors (Lipinski definition) is 1. The topological polar surface area (TPSA) is 67.8 Å². The molecular weight excluding hydrogens is 324 g/mol. The van der Waals surface area contributed by atoms with Gasteiger partial charge in [0.05, 0.1) is 5.69 Å². The van der Waals surface area contributed by atoms with Crippen molar-refractivity contribution in [3.63, 3.8) is 0 Å². The predicted molar refractivity (Wildman–Crippen MR) is 99.5 cm³/mol. The van der Waals surface area contributed by atoms with E-state index in [4.69, 9.17) is 0 Å². The van der Waals surface area contributed by atoms with E-state index in [2.05, 4.69) is 20.3 Å². The van der Waals surface area contributed by atoms with Crippen LogP contribution >= 0.6 is 0 Å². The van der Waals surface area contributed by atoms with Crippen LogP contribution in [0.25, 0.3) is 11.3 Å². The van der Waals surface area contributed by atoms with Crippen molar-refractivity contribution in [2.45, 2.75) is 32.2 Å². The number of pyridine rings is 1. The lowest BCUT2D eigenvalue weighted by atomic mass is 9.91. The first-order valence-corrected chi connectivity index (χ1v) is 8.92. The van der Waals surface area contributed by atoms with Gasteiger partial charge in [0.2, 0.25) is 0 Å². The van der Waals surface area contributed by atoms with Gasteiger partial charge in [0.1, 0.15) is 6.33 Å². The molecule has 0 saturated carbocycles. The largest absolute Gasteiger partial charge is 0.348 e. The summed E-state index contributed by atoms with van der Waals surface area (Å²) < 4.78 is 0. The number of nitrogens with zero attached hydrogens (tertiary/aromatic N) is 3. The number of carbonyl (C=O) groups excluding carboxylic acids is 1. The SMILES string of the molecule is O=C(NCc1cccnc1)c1ccccc1-c1ncnc2c1CCCC2. The maximum atomic E-state index is 12.8. The quantitative estimate of drug-likeness (QED) is 0.788. The highest BCUT2D eigenvalue weighted by Crippen LogP contribution is 2.30. The fourth-order valence-corrected chi connectivity index (χ4v) is 3.42. The number of aromatic nitrogens is 3. The molecule has 4 rings (SSSR count). The summed E-state index contributed by atoms with van der Waals surface area (Å²) in [5.74, 6) is -0.104. The molecule has 0 saturated heterocycles. The molecule has 3 aromatic rings. The molecule has 0 spiro atoms. The summed E-state index contributed by atoms with van der Waals surface area (Å²) >= 11 is 0. The van der Waals surface area contributed by atoms with Gasteiger partial charge < -0.3 is 5.32 Å². The van der Waals surface area contributed by atoms with Crippen molar-refractivity contribution in [3.05, 3.63) is 77.5 Å². The summed E-state index contributed by atoms with van der Waals surface area (Å²) in [6.07, 6.45) is 9.35. The highest BCUT2D eigenvalue weighted by atomic mass is 16.1. The monoisotopic (exact) mass is 344 g/mol. The lowest BCUT2D eigenvalue weighted by molar-refractivity contribution is 0.0951. The van der Waals surface area contributed by atoms with E-state index in [0.29, 0.717) is 12.1 Å². The van der Waals surface area contributed by atoms with Crippen molar-refractivity contribution in [1.82, 2.24) is 20.3 Å². The first-order valence-electron chi connectivity index (χ1n) is 8.92. The van der Waals surface area contributed by atoms with Crippen LogP contribution in [0.2, 0.25) is 0 Å². The Morgan fingerprint density at radius 2 is 1.92 bits per heavy atom. The third-order valence-electron chi connectivity index (χ3n) is 4.73. The molecule has 2 heterocycles. The van der Waals surface area contributed by atoms with Crippen LogP contribution in [-0.4, -0.2) is 20.9 Å². The van der Waals surface area contributed by atoms with E-state index in [1.807, 2.05) is 36.4 Å². The van der Waals surface area contributed by atoms with Crippen LogP contribution in [-0.2, 0) is 19.4 Å². The first kappa shape index (κ1) is 16.4. The maximum Gasteiger partial charge on any atom is 0.252 e. The Kier molecular flexibility index (Phi) is 4.69. The number of amides is 1. The molecule has 1 aliphatic rings. The smallest absolute Gasteiger partial charge is 0.252 e. The van der Waals surface area contributed by atoms with Gasteiger partial charge in [-0.15, -0.1) is 0 Å². The van der Waals surface area contributed by atoms with Crippen LogP contribution in [0, 0.1) is 0 Å². The van der Waals surface area contributed by atoms with E-state index in [0.717, 1.165) is 48.2 Å². The molecule has 5 nitrogen and oxygen atoms in total. The van der Waals surface area contributed by atoms with Gasteiger partial charge >= 0.3 is 0 Å². The molecule has 1 aliphatic carbocycles. The van der Waals surface area contributed by atoms with Gasteiger partial charge in [-0.05, 0) is 43.4 Å². The molecule has 1 N–H and O–H groups in total. The van der Waals surface area contributed by atoms with Crippen LogP contribution in [0.3, 0.4) is 0 Å². The predicted octanol–water partition coefficient (Wildman–Crippen LogP) is 3.35. The highest BCUT2D eigenvalue weighted by molar-refractivity contribution is 6.00. The zero-order valence-electron chi connectivity index (χ0n) is 14.5. The van der Waals surface area contributed by atoms with Crippen molar-refractivity contribution in [3.8, 4) is 11.3 Å². The Hall–Kier alpha value is -3.08. The molecular formula is C21H20N4O. The molecule has 26 heavy (non-hydrogen) atoms. The number of aryl methyl sites for hydroxylation is 1. The average Bonchev–Trinajstić information content (AvgIpc) is 2.72. The van der Waals surface area contributed by atoms with Crippen molar-refractivity contribution in [2.75, 3.05) is 0 Å². The third kappa shape index (κ3) is 3.33. The van der Waals surface area contributed by atoms with E-state index in [1.54, 1.807) is 18.7 Å². The molecule has 0 fully saturated rings. The van der Waals surface area contributed by atoms with Crippen molar-refractivity contribution >= 4 is 5.91 Å². The van der Waals surface area contributed by atoms with Gasteiger partial charge in [0.15, 0.2) is 0 Å². The maximum absolute atomic E-state index is 12.8. The van der Waals surface area contributed by atoms with Crippen molar-refractivity contribution in [2.24, 2.45) is 0 Å². The second-order valence-electron chi connectivity index (χ2n) is 6.44. The molecule has 2 aromatic heterocycles. The fourth-order valence-electron chi connectivity index (χ4n) is 3.42. The van der Waals surface area contributed by atoms with E-state index in [-0.39, 0.29) is 5.91 Å². The van der Waals surface area contributed by atoms with E-state index in [9.17, 15) is 4.79 Å². The number of nitrogens with one attached hydrogen (secondary N) is 1. The van der Waals surface area contributed by atoms with Gasteiger partial charge in [-0.3, -0.25) is 9.78 Å². The summed E-state index contributed by atoms with van der Waals surface area (Å²) in [5.41, 5.74) is 5.68. The van der Waals surface area contributed by atoms with E-state index >= 15 is 0 Å². The molecule has 1 amide bonds. The van der Waals surface area contributed by atoms with Crippen LogP contribution in [0.15, 0.2) is 55.1 Å². The average molecular weight is 344 g/mol. The lowest BCUT2D eigenvalue weighted by Gasteiger charge is -2.18. The van der Waals surface area contributed by atoms with Crippen molar-refractivity contribution < 1.29 is 4.79 Å². The zero-order chi connectivity index (χ0) is 17.8. The minimum absolute atomic E-state index is 0.104. The minimum atomic E-state index is -0.104. The number of carbonyl (C=O) groups is 1. The normalized spacial score (nSPS) is 13.1. The highest BCUT2D eigenvalue weighted by Gasteiger charge is 2.20. The van der Waals surface area contributed by atoms with Gasteiger partial charge in [0, 0.05) is 41.3 Å². The van der Waals surface area contributed by atoms with Crippen LogP contribution in [0.4, 0.5) is 0 Å². The number of rotatable bonds is 4. The number of benzene rings is 1. The fraction of sp³-hybridized carbons (Fsp3) is 0.238. The van der Waals surface area contributed by atoms with Gasteiger partial charge in [-0.25, -0.2) is 9.97 Å². The summed E-state index contributed by atoms with van der Waals surface area (Å²) in [7, 11) is 0. The molecule has 0 aliphatic heterocycles. The first-order chi connectivity index (χ1) is 12.8. The van der Waals surface area contributed by atoms with Crippen LogP contribution < -0.4 is 5.32 Å². The second kappa shape index (κ2) is 7.44. The molecule has 0 atom stereocenters.